The van der Waals surface area contributed by atoms with Crippen LogP contribution in [0.3, 0.4) is 0 Å². The average Bonchev–Trinajstić information content (AvgIpc) is 2.34. The number of allylic oxidation sites excluding steroid dienone is 1. The van der Waals surface area contributed by atoms with Gasteiger partial charge in [-0.2, -0.15) is 0 Å². The molecule has 0 bridgehead atoms. The monoisotopic (exact) mass is 233 g/mol. The molecule has 0 unspecified atom stereocenters. The second-order valence-corrected chi connectivity index (χ2v) is 3.81. The molecule has 0 heterocycles. The van der Waals surface area contributed by atoms with E-state index in [0.29, 0.717) is 12.2 Å². The lowest BCUT2D eigenvalue weighted by Crippen LogP contribution is -2.10. The van der Waals surface area contributed by atoms with E-state index in [-0.39, 0.29) is 0 Å². The van der Waals surface area contributed by atoms with Gasteiger partial charge in [0.1, 0.15) is 12.4 Å². The first kappa shape index (κ1) is 13.3. The summed E-state index contributed by atoms with van der Waals surface area (Å²) in [5.74, 6) is 0.325. The second-order valence-electron chi connectivity index (χ2n) is 3.81. The van der Waals surface area contributed by atoms with Crippen LogP contribution in [0.1, 0.15) is 36.5 Å². The molecular formula is C14H19NO2. The van der Waals surface area contributed by atoms with E-state index in [2.05, 4.69) is 13.0 Å². The third-order valence-corrected chi connectivity index (χ3v) is 2.38. The van der Waals surface area contributed by atoms with Crippen LogP contribution in [0.4, 0.5) is 0 Å². The SMILES string of the molecule is CCCCC=CCOc1ccc(C(N)=O)cc1. The van der Waals surface area contributed by atoms with E-state index in [1.54, 1.807) is 24.3 Å². The van der Waals surface area contributed by atoms with Crippen LogP contribution < -0.4 is 10.5 Å². The fourth-order valence-electron chi connectivity index (χ4n) is 1.37. The standard InChI is InChI=1S/C14H19NO2/c1-2-3-4-5-6-11-17-13-9-7-12(8-10-13)14(15)16/h5-10H,2-4,11H2,1H3,(H2,15,16). The van der Waals surface area contributed by atoms with Gasteiger partial charge in [-0.15, -0.1) is 0 Å². The largest absolute Gasteiger partial charge is 0.490 e. The van der Waals surface area contributed by atoms with Crippen LogP contribution in [0.2, 0.25) is 0 Å². The van der Waals surface area contributed by atoms with Crippen LogP contribution in [-0.4, -0.2) is 12.5 Å². The summed E-state index contributed by atoms with van der Waals surface area (Å²) in [6.45, 7) is 2.73. The van der Waals surface area contributed by atoms with Crippen molar-refractivity contribution in [3.63, 3.8) is 0 Å². The number of unbranched alkanes of at least 4 members (excludes halogenated alkanes) is 2. The molecule has 3 nitrogen and oxygen atoms in total. The van der Waals surface area contributed by atoms with Gasteiger partial charge in [0.25, 0.3) is 0 Å². The highest BCUT2D eigenvalue weighted by Crippen LogP contribution is 2.11. The lowest BCUT2D eigenvalue weighted by Gasteiger charge is -2.03. The van der Waals surface area contributed by atoms with E-state index < -0.39 is 5.91 Å². The molecule has 0 aliphatic heterocycles. The van der Waals surface area contributed by atoms with E-state index in [4.69, 9.17) is 10.5 Å². The van der Waals surface area contributed by atoms with Crippen molar-refractivity contribution in [2.75, 3.05) is 6.61 Å². The van der Waals surface area contributed by atoms with Crippen LogP contribution in [0.15, 0.2) is 36.4 Å². The van der Waals surface area contributed by atoms with E-state index in [9.17, 15) is 4.79 Å². The summed E-state index contributed by atoms with van der Waals surface area (Å²) >= 11 is 0. The first-order valence-corrected chi connectivity index (χ1v) is 5.91. The molecule has 17 heavy (non-hydrogen) atoms. The topological polar surface area (TPSA) is 52.3 Å². The first-order valence-electron chi connectivity index (χ1n) is 5.91. The van der Waals surface area contributed by atoms with Gasteiger partial charge in [-0.25, -0.2) is 0 Å². The first-order chi connectivity index (χ1) is 8.24. The molecule has 0 saturated carbocycles. The molecule has 3 heteroatoms. The second kappa shape index (κ2) is 7.49. The Bertz CT molecular complexity index is 368. The van der Waals surface area contributed by atoms with Gasteiger partial charge in [0, 0.05) is 5.56 Å². The highest BCUT2D eigenvalue weighted by molar-refractivity contribution is 5.92. The third-order valence-electron chi connectivity index (χ3n) is 2.38. The predicted molar refractivity (Wildman–Crippen MR) is 69.1 cm³/mol. The zero-order chi connectivity index (χ0) is 12.5. The number of primary amides is 1. The van der Waals surface area contributed by atoms with Gasteiger partial charge in [-0.05, 0) is 30.7 Å². The van der Waals surface area contributed by atoms with E-state index in [1.165, 1.54) is 12.8 Å². The summed E-state index contributed by atoms with van der Waals surface area (Å²) in [4.78, 5) is 10.8. The van der Waals surface area contributed by atoms with Crippen LogP contribution in [0.25, 0.3) is 0 Å². The van der Waals surface area contributed by atoms with Crippen LogP contribution in [0, 0.1) is 0 Å². The van der Waals surface area contributed by atoms with Crippen molar-refractivity contribution < 1.29 is 9.53 Å². The summed E-state index contributed by atoms with van der Waals surface area (Å²) in [5, 5.41) is 0. The van der Waals surface area contributed by atoms with Crippen molar-refractivity contribution >= 4 is 5.91 Å². The summed E-state index contributed by atoms with van der Waals surface area (Å²) < 4.78 is 5.48. The number of amides is 1. The molecule has 1 aromatic rings. The van der Waals surface area contributed by atoms with Crippen molar-refractivity contribution in [1.29, 1.82) is 0 Å². The molecule has 0 aliphatic rings. The van der Waals surface area contributed by atoms with E-state index >= 15 is 0 Å². The molecular weight excluding hydrogens is 214 g/mol. The fraction of sp³-hybridized carbons (Fsp3) is 0.357. The number of ether oxygens (including phenoxy) is 1. The molecule has 0 saturated heterocycles. The Morgan fingerprint density at radius 1 is 1.29 bits per heavy atom. The van der Waals surface area contributed by atoms with Gasteiger partial charge in [-0.3, -0.25) is 4.79 Å². The van der Waals surface area contributed by atoms with Gasteiger partial charge in [0.2, 0.25) is 5.91 Å². The minimum atomic E-state index is -0.420. The molecule has 92 valence electrons. The van der Waals surface area contributed by atoms with Gasteiger partial charge < -0.3 is 10.5 Å². The highest BCUT2D eigenvalue weighted by Gasteiger charge is 1.99. The normalized spacial score (nSPS) is 10.6. The van der Waals surface area contributed by atoms with Crippen molar-refractivity contribution in [2.24, 2.45) is 5.73 Å². The minimum Gasteiger partial charge on any atom is -0.490 e. The number of hydrogen-bond acceptors (Lipinski definition) is 2. The lowest BCUT2D eigenvalue weighted by molar-refractivity contribution is 0.100. The van der Waals surface area contributed by atoms with Crippen molar-refractivity contribution in [1.82, 2.24) is 0 Å². The summed E-state index contributed by atoms with van der Waals surface area (Å²) in [5.41, 5.74) is 5.64. The van der Waals surface area contributed by atoms with Gasteiger partial charge in [-0.1, -0.05) is 31.9 Å². The molecule has 0 radical (unpaired) electrons. The maximum Gasteiger partial charge on any atom is 0.248 e. The van der Waals surface area contributed by atoms with Crippen molar-refractivity contribution in [3.05, 3.63) is 42.0 Å². The molecule has 0 atom stereocenters. The number of carbonyl (C=O) groups is 1. The van der Waals surface area contributed by atoms with Crippen LogP contribution in [-0.2, 0) is 0 Å². The Labute approximate surface area is 102 Å². The molecule has 0 aliphatic carbocycles. The highest BCUT2D eigenvalue weighted by atomic mass is 16.5. The summed E-state index contributed by atoms with van der Waals surface area (Å²) in [6, 6.07) is 6.83. The Morgan fingerprint density at radius 3 is 2.59 bits per heavy atom. The van der Waals surface area contributed by atoms with Gasteiger partial charge in [0.05, 0.1) is 0 Å². The number of rotatable bonds is 7. The zero-order valence-electron chi connectivity index (χ0n) is 10.2. The fourth-order valence-corrected chi connectivity index (χ4v) is 1.37. The Balaban J connectivity index is 2.32. The smallest absolute Gasteiger partial charge is 0.248 e. The number of nitrogens with two attached hydrogens (primary N) is 1. The van der Waals surface area contributed by atoms with Crippen LogP contribution >= 0.6 is 0 Å². The minimum absolute atomic E-state index is 0.420. The Hall–Kier alpha value is -1.77. The molecule has 1 rings (SSSR count). The molecule has 1 amide bonds. The quantitative estimate of drug-likeness (QED) is 0.581. The average molecular weight is 233 g/mol. The third kappa shape index (κ3) is 5.20. The Kier molecular flexibility index (Phi) is 5.86. The maximum atomic E-state index is 10.8. The summed E-state index contributed by atoms with van der Waals surface area (Å²) in [7, 11) is 0. The van der Waals surface area contributed by atoms with E-state index in [0.717, 1.165) is 12.2 Å². The summed E-state index contributed by atoms with van der Waals surface area (Å²) in [6.07, 6.45) is 7.66. The zero-order valence-corrected chi connectivity index (χ0v) is 10.2. The number of hydrogen-bond donors (Lipinski definition) is 1. The molecule has 0 fully saturated rings. The van der Waals surface area contributed by atoms with E-state index in [1.807, 2.05) is 6.08 Å². The van der Waals surface area contributed by atoms with Crippen LogP contribution in [0.5, 0.6) is 5.75 Å². The van der Waals surface area contributed by atoms with Crippen molar-refractivity contribution in [2.45, 2.75) is 26.2 Å². The molecule has 0 spiro atoms. The maximum absolute atomic E-state index is 10.8. The van der Waals surface area contributed by atoms with Crippen molar-refractivity contribution in [3.8, 4) is 5.75 Å². The molecule has 1 aromatic carbocycles. The van der Waals surface area contributed by atoms with Gasteiger partial charge >= 0.3 is 0 Å². The number of carbonyl (C=O) groups excluding carboxylic acids is 1. The molecule has 0 aromatic heterocycles. The molecule has 2 N–H and O–H groups in total. The number of benzene rings is 1. The predicted octanol–water partition coefficient (Wildman–Crippen LogP) is 2.91. The van der Waals surface area contributed by atoms with Gasteiger partial charge in [0.15, 0.2) is 0 Å². The Morgan fingerprint density at radius 2 is 2.00 bits per heavy atom. The lowest BCUT2D eigenvalue weighted by atomic mass is 10.2.